The summed E-state index contributed by atoms with van der Waals surface area (Å²) in [5.74, 6) is 1.35. The van der Waals surface area contributed by atoms with E-state index in [0.717, 1.165) is 0 Å². The molecule has 2 heterocycles. The Morgan fingerprint density at radius 2 is 2.30 bits per heavy atom. The molecule has 0 aromatic carbocycles. The first-order valence-corrected chi connectivity index (χ1v) is 5.20. The van der Waals surface area contributed by atoms with E-state index in [1.54, 1.807) is 0 Å². The SMILES string of the molecule is C1=CC(S2=CCCCC2)=N1. The van der Waals surface area contributed by atoms with E-state index in [4.69, 9.17) is 0 Å². The van der Waals surface area contributed by atoms with Crippen LogP contribution in [0.2, 0.25) is 0 Å². The van der Waals surface area contributed by atoms with Crippen LogP contribution in [-0.2, 0) is 0 Å². The molecule has 2 heteroatoms. The zero-order valence-electron chi connectivity index (χ0n) is 5.92. The molecule has 0 aromatic rings. The molecule has 0 amide bonds. The molecule has 0 radical (unpaired) electrons. The summed E-state index contributed by atoms with van der Waals surface area (Å²) < 4.78 is 0. The average Bonchev–Trinajstić information content (AvgIpc) is 1.86. The lowest BCUT2D eigenvalue weighted by Crippen LogP contribution is -2.04. The van der Waals surface area contributed by atoms with E-state index in [1.165, 1.54) is 30.1 Å². The summed E-state index contributed by atoms with van der Waals surface area (Å²) in [6.07, 6.45) is 8.12. The highest BCUT2D eigenvalue weighted by Crippen LogP contribution is 2.26. The Hall–Kier alpha value is -0.370. The van der Waals surface area contributed by atoms with E-state index in [-0.39, 0.29) is 0 Å². The van der Waals surface area contributed by atoms with Crippen molar-refractivity contribution < 1.29 is 0 Å². The molecule has 0 N–H and O–H groups in total. The van der Waals surface area contributed by atoms with Gasteiger partial charge in [-0.1, -0.05) is 5.37 Å². The van der Waals surface area contributed by atoms with Gasteiger partial charge in [0.1, 0.15) is 0 Å². The highest BCUT2D eigenvalue weighted by molar-refractivity contribution is 8.28. The van der Waals surface area contributed by atoms with E-state index >= 15 is 0 Å². The minimum absolute atomic E-state index is 0.436. The van der Waals surface area contributed by atoms with Gasteiger partial charge in [0.2, 0.25) is 0 Å². The van der Waals surface area contributed by atoms with Crippen molar-refractivity contribution in [2.45, 2.75) is 19.3 Å². The maximum atomic E-state index is 4.21. The number of hydrogen-bond donors (Lipinski definition) is 0. The van der Waals surface area contributed by atoms with Gasteiger partial charge in [-0.15, -0.1) is 10.5 Å². The summed E-state index contributed by atoms with van der Waals surface area (Å²) in [6, 6.07) is 0. The van der Waals surface area contributed by atoms with E-state index in [9.17, 15) is 0 Å². The summed E-state index contributed by atoms with van der Waals surface area (Å²) in [6.45, 7) is 0. The van der Waals surface area contributed by atoms with Crippen molar-refractivity contribution in [3.63, 3.8) is 0 Å². The van der Waals surface area contributed by atoms with E-state index in [2.05, 4.69) is 16.4 Å². The monoisotopic (exact) mass is 153 g/mol. The van der Waals surface area contributed by atoms with Gasteiger partial charge in [-0.3, -0.25) is 4.99 Å². The fraction of sp³-hybridized carbons (Fsp3) is 0.500. The van der Waals surface area contributed by atoms with Crippen molar-refractivity contribution >= 4 is 20.9 Å². The van der Waals surface area contributed by atoms with Crippen molar-refractivity contribution in [1.29, 1.82) is 0 Å². The third-order valence-corrected chi connectivity index (χ3v) is 3.97. The van der Waals surface area contributed by atoms with Crippen LogP contribution >= 0.6 is 10.5 Å². The Balaban J connectivity index is 2.09. The summed E-state index contributed by atoms with van der Waals surface area (Å²) in [5, 5.41) is 3.77. The summed E-state index contributed by atoms with van der Waals surface area (Å²) in [4.78, 5) is 4.21. The quantitative estimate of drug-likeness (QED) is 0.473. The molecule has 10 heavy (non-hydrogen) atoms. The minimum atomic E-state index is 0.436. The molecule has 0 bridgehead atoms. The van der Waals surface area contributed by atoms with Crippen LogP contribution in [0, 0.1) is 0 Å². The molecule has 0 aliphatic carbocycles. The third-order valence-electron chi connectivity index (χ3n) is 1.82. The van der Waals surface area contributed by atoms with Crippen LogP contribution < -0.4 is 0 Å². The van der Waals surface area contributed by atoms with Crippen LogP contribution in [0.5, 0.6) is 0 Å². The smallest absolute Gasteiger partial charge is 0.0918 e. The molecule has 54 valence electrons. The maximum Gasteiger partial charge on any atom is 0.0918 e. The number of nitrogens with zero attached hydrogens (tertiary/aromatic N) is 1. The molecule has 1 atom stereocenters. The molecule has 2 aliphatic rings. The molecule has 2 aliphatic heterocycles. The Kier molecular flexibility index (Phi) is 1.72. The first kappa shape index (κ1) is 6.35. The lowest BCUT2D eigenvalue weighted by Gasteiger charge is -2.16. The molecule has 0 aromatic heterocycles. The van der Waals surface area contributed by atoms with Crippen LogP contribution in [0.15, 0.2) is 17.3 Å². The fourth-order valence-corrected chi connectivity index (χ4v) is 3.14. The topological polar surface area (TPSA) is 12.4 Å². The van der Waals surface area contributed by atoms with Gasteiger partial charge in [0.15, 0.2) is 0 Å². The first-order chi connectivity index (χ1) is 4.97. The van der Waals surface area contributed by atoms with E-state index in [1.807, 2.05) is 6.20 Å². The zero-order chi connectivity index (χ0) is 6.81. The standard InChI is InChI=1S/C8H11NS/c1-2-6-10(7-3-1)8-4-5-9-8/h4-6H,1-3,7H2. The lowest BCUT2D eigenvalue weighted by molar-refractivity contribution is 0.849. The number of rotatable bonds is 0. The van der Waals surface area contributed by atoms with Crippen LogP contribution in [0.4, 0.5) is 0 Å². The molecular formula is C8H11NS. The summed E-state index contributed by atoms with van der Waals surface area (Å²) >= 11 is 0. The van der Waals surface area contributed by atoms with Crippen LogP contribution in [0.1, 0.15) is 19.3 Å². The van der Waals surface area contributed by atoms with Crippen molar-refractivity contribution in [2.75, 3.05) is 5.75 Å². The van der Waals surface area contributed by atoms with Crippen LogP contribution in [-0.4, -0.2) is 16.2 Å². The first-order valence-electron chi connectivity index (χ1n) is 3.74. The summed E-state index contributed by atoms with van der Waals surface area (Å²) in [5.41, 5.74) is 0. The second-order valence-electron chi connectivity index (χ2n) is 2.58. The van der Waals surface area contributed by atoms with Gasteiger partial charge in [-0.05, 0) is 31.1 Å². The second kappa shape index (κ2) is 2.70. The average molecular weight is 153 g/mol. The van der Waals surface area contributed by atoms with Crippen molar-refractivity contribution in [3.8, 4) is 0 Å². The van der Waals surface area contributed by atoms with Gasteiger partial charge in [0.25, 0.3) is 0 Å². The molecule has 0 fully saturated rings. The van der Waals surface area contributed by atoms with Gasteiger partial charge in [-0.25, -0.2) is 0 Å². The largest absolute Gasteiger partial charge is 0.250 e. The predicted molar refractivity (Wildman–Crippen MR) is 48.9 cm³/mol. The van der Waals surface area contributed by atoms with Gasteiger partial charge in [-0.2, -0.15) is 0 Å². The Morgan fingerprint density at radius 3 is 2.80 bits per heavy atom. The Labute approximate surface area is 63.8 Å². The predicted octanol–water partition coefficient (Wildman–Crippen LogP) is 2.17. The van der Waals surface area contributed by atoms with E-state index in [0.29, 0.717) is 10.5 Å². The van der Waals surface area contributed by atoms with Crippen molar-refractivity contribution in [2.24, 2.45) is 4.99 Å². The highest BCUT2D eigenvalue weighted by atomic mass is 32.2. The van der Waals surface area contributed by atoms with Crippen molar-refractivity contribution in [3.05, 3.63) is 12.3 Å². The molecule has 0 saturated carbocycles. The van der Waals surface area contributed by atoms with Crippen LogP contribution in [0.25, 0.3) is 0 Å². The zero-order valence-corrected chi connectivity index (χ0v) is 6.73. The van der Waals surface area contributed by atoms with Gasteiger partial charge in [0.05, 0.1) is 5.04 Å². The maximum absolute atomic E-state index is 4.21. The minimum Gasteiger partial charge on any atom is -0.250 e. The molecule has 0 spiro atoms. The normalized spacial score (nSPS) is 30.4. The Morgan fingerprint density at radius 1 is 1.40 bits per heavy atom. The highest BCUT2D eigenvalue weighted by Gasteiger charge is 2.08. The molecule has 0 saturated heterocycles. The molecule has 1 unspecified atom stereocenters. The Bertz CT molecular complexity index is 225. The second-order valence-corrected chi connectivity index (χ2v) is 4.60. The summed E-state index contributed by atoms with van der Waals surface area (Å²) in [7, 11) is 0.436. The molecule has 2 rings (SSSR count). The van der Waals surface area contributed by atoms with Crippen molar-refractivity contribution in [1.82, 2.24) is 0 Å². The molecular weight excluding hydrogens is 142 g/mol. The molecule has 1 nitrogen and oxygen atoms in total. The third kappa shape index (κ3) is 1.08. The number of aliphatic imine (C=N–C) groups is 1. The van der Waals surface area contributed by atoms with Gasteiger partial charge >= 0.3 is 0 Å². The lowest BCUT2D eigenvalue weighted by atomic mass is 10.3. The van der Waals surface area contributed by atoms with Gasteiger partial charge < -0.3 is 0 Å². The fourth-order valence-electron chi connectivity index (χ4n) is 1.19. The van der Waals surface area contributed by atoms with Crippen LogP contribution in [0.3, 0.4) is 0 Å². The van der Waals surface area contributed by atoms with E-state index < -0.39 is 0 Å². The number of hydrogen-bond acceptors (Lipinski definition) is 1. The van der Waals surface area contributed by atoms with Gasteiger partial charge in [0, 0.05) is 6.20 Å².